The van der Waals surface area contributed by atoms with E-state index in [9.17, 15) is 0 Å². The highest BCUT2D eigenvalue weighted by molar-refractivity contribution is 4.78. The Balaban J connectivity index is 1.58. The standard InChI is InChI=1S/C14H27NO/c1-2-12-4-3-5-14(10-12)15-8-6-13-7-9-16-11-13/h12-15H,2-11H2,1H3. The second-order valence-corrected chi connectivity index (χ2v) is 5.61. The summed E-state index contributed by atoms with van der Waals surface area (Å²) in [7, 11) is 0. The Morgan fingerprint density at radius 3 is 2.88 bits per heavy atom. The molecular weight excluding hydrogens is 198 g/mol. The first-order valence-corrected chi connectivity index (χ1v) is 7.19. The van der Waals surface area contributed by atoms with Gasteiger partial charge in [-0.15, -0.1) is 0 Å². The number of nitrogens with one attached hydrogen (secondary N) is 1. The first-order chi connectivity index (χ1) is 7.88. The predicted octanol–water partition coefficient (Wildman–Crippen LogP) is 2.97. The molecular formula is C14H27NO. The fourth-order valence-electron chi connectivity index (χ4n) is 3.15. The highest BCUT2D eigenvalue weighted by Gasteiger charge is 2.21. The molecule has 2 fully saturated rings. The van der Waals surface area contributed by atoms with Gasteiger partial charge in [0.1, 0.15) is 0 Å². The predicted molar refractivity (Wildman–Crippen MR) is 67.6 cm³/mol. The summed E-state index contributed by atoms with van der Waals surface area (Å²) >= 11 is 0. The SMILES string of the molecule is CCC1CCCC(NCCC2CCOC2)C1. The minimum Gasteiger partial charge on any atom is -0.381 e. The zero-order valence-corrected chi connectivity index (χ0v) is 10.7. The lowest BCUT2D eigenvalue weighted by molar-refractivity contribution is 0.183. The zero-order valence-electron chi connectivity index (χ0n) is 10.7. The quantitative estimate of drug-likeness (QED) is 0.776. The molecule has 0 aromatic carbocycles. The van der Waals surface area contributed by atoms with Crippen molar-refractivity contribution in [3.05, 3.63) is 0 Å². The van der Waals surface area contributed by atoms with Gasteiger partial charge in [-0.2, -0.15) is 0 Å². The van der Waals surface area contributed by atoms with E-state index in [1.165, 1.54) is 51.5 Å². The zero-order chi connectivity index (χ0) is 11.2. The molecule has 2 rings (SSSR count). The normalized spacial score (nSPS) is 35.4. The molecule has 3 atom stereocenters. The first kappa shape index (κ1) is 12.4. The van der Waals surface area contributed by atoms with E-state index in [0.717, 1.165) is 31.1 Å². The van der Waals surface area contributed by atoms with Crippen molar-refractivity contribution in [3.8, 4) is 0 Å². The van der Waals surface area contributed by atoms with Crippen molar-refractivity contribution in [2.75, 3.05) is 19.8 Å². The highest BCUT2D eigenvalue weighted by atomic mass is 16.5. The molecule has 0 spiro atoms. The largest absolute Gasteiger partial charge is 0.381 e. The van der Waals surface area contributed by atoms with Gasteiger partial charge in [-0.1, -0.05) is 26.2 Å². The Kier molecular flexibility index (Phi) is 5.11. The lowest BCUT2D eigenvalue weighted by atomic mass is 9.84. The van der Waals surface area contributed by atoms with Crippen LogP contribution < -0.4 is 5.32 Å². The second-order valence-electron chi connectivity index (χ2n) is 5.61. The van der Waals surface area contributed by atoms with Crippen LogP contribution >= 0.6 is 0 Å². The van der Waals surface area contributed by atoms with Gasteiger partial charge in [0.15, 0.2) is 0 Å². The number of hydrogen-bond acceptors (Lipinski definition) is 2. The Labute approximate surface area is 100 Å². The van der Waals surface area contributed by atoms with Crippen LogP contribution in [0.2, 0.25) is 0 Å². The number of ether oxygens (including phenoxy) is 1. The van der Waals surface area contributed by atoms with Crippen LogP contribution in [0.25, 0.3) is 0 Å². The van der Waals surface area contributed by atoms with E-state index in [2.05, 4.69) is 12.2 Å². The van der Waals surface area contributed by atoms with Crippen molar-refractivity contribution in [2.45, 2.75) is 57.9 Å². The topological polar surface area (TPSA) is 21.3 Å². The Morgan fingerprint density at radius 1 is 1.19 bits per heavy atom. The van der Waals surface area contributed by atoms with E-state index in [0.29, 0.717) is 0 Å². The van der Waals surface area contributed by atoms with Crippen LogP contribution in [0.3, 0.4) is 0 Å². The minimum absolute atomic E-state index is 0.807. The van der Waals surface area contributed by atoms with Crippen molar-refractivity contribution in [2.24, 2.45) is 11.8 Å². The number of hydrogen-bond donors (Lipinski definition) is 1. The Hall–Kier alpha value is -0.0800. The second kappa shape index (κ2) is 6.61. The molecule has 1 saturated carbocycles. The average molecular weight is 225 g/mol. The monoisotopic (exact) mass is 225 g/mol. The summed E-state index contributed by atoms with van der Waals surface area (Å²) in [5.41, 5.74) is 0. The maximum absolute atomic E-state index is 5.41. The van der Waals surface area contributed by atoms with E-state index in [1.807, 2.05) is 0 Å². The van der Waals surface area contributed by atoms with Crippen LogP contribution in [0.15, 0.2) is 0 Å². The smallest absolute Gasteiger partial charge is 0.0495 e. The average Bonchev–Trinajstić information content (AvgIpc) is 2.82. The highest BCUT2D eigenvalue weighted by Crippen LogP contribution is 2.26. The third kappa shape index (κ3) is 3.74. The molecule has 1 heterocycles. The summed E-state index contributed by atoms with van der Waals surface area (Å²) in [5.74, 6) is 1.82. The molecule has 1 aliphatic heterocycles. The fourth-order valence-corrected chi connectivity index (χ4v) is 3.15. The van der Waals surface area contributed by atoms with Gasteiger partial charge in [0.05, 0.1) is 0 Å². The summed E-state index contributed by atoms with van der Waals surface area (Å²) in [6, 6.07) is 0.807. The molecule has 2 nitrogen and oxygen atoms in total. The summed E-state index contributed by atoms with van der Waals surface area (Å²) in [6.45, 7) is 5.54. The van der Waals surface area contributed by atoms with E-state index >= 15 is 0 Å². The molecule has 94 valence electrons. The van der Waals surface area contributed by atoms with Gasteiger partial charge >= 0.3 is 0 Å². The molecule has 1 aliphatic carbocycles. The van der Waals surface area contributed by atoms with Crippen molar-refractivity contribution in [3.63, 3.8) is 0 Å². The van der Waals surface area contributed by atoms with Gasteiger partial charge in [-0.3, -0.25) is 0 Å². The van der Waals surface area contributed by atoms with Crippen LogP contribution in [0, 0.1) is 11.8 Å². The van der Waals surface area contributed by atoms with Crippen molar-refractivity contribution < 1.29 is 4.74 Å². The maximum Gasteiger partial charge on any atom is 0.0495 e. The van der Waals surface area contributed by atoms with Crippen LogP contribution in [0.5, 0.6) is 0 Å². The molecule has 2 aliphatic rings. The van der Waals surface area contributed by atoms with Gasteiger partial charge in [-0.25, -0.2) is 0 Å². The summed E-state index contributed by atoms with van der Waals surface area (Å²) < 4.78 is 5.41. The van der Waals surface area contributed by atoms with Crippen LogP contribution in [-0.4, -0.2) is 25.8 Å². The van der Waals surface area contributed by atoms with Gasteiger partial charge in [0.25, 0.3) is 0 Å². The third-order valence-corrected chi connectivity index (χ3v) is 4.37. The molecule has 1 saturated heterocycles. The molecule has 1 N–H and O–H groups in total. The third-order valence-electron chi connectivity index (χ3n) is 4.37. The first-order valence-electron chi connectivity index (χ1n) is 7.19. The van der Waals surface area contributed by atoms with Gasteiger partial charge < -0.3 is 10.1 Å². The molecule has 0 bridgehead atoms. The number of rotatable bonds is 5. The van der Waals surface area contributed by atoms with Crippen molar-refractivity contribution in [1.82, 2.24) is 5.32 Å². The van der Waals surface area contributed by atoms with Crippen molar-refractivity contribution in [1.29, 1.82) is 0 Å². The Bertz CT molecular complexity index is 189. The van der Waals surface area contributed by atoms with Crippen molar-refractivity contribution >= 4 is 0 Å². The van der Waals surface area contributed by atoms with Gasteiger partial charge in [0, 0.05) is 19.3 Å². The lowest BCUT2D eigenvalue weighted by Gasteiger charge is -2.29. The van der Waals surface area contributed by atoms with Gasteiger partial charge in [-0.05, 0) is 44.1 Å². The molecule has 3 unspecified atom stereocenters. The van der Waals surface area contributed by atoms with Crippen LogP contribution in [0.1, 0.15) is 51.9 Å². The molecule has 0 aromatic rings. The van der Waals surface area contributed by atoms with Crippen LogP contribution in [0.4, 0.5) is 0 Å². The Morgan fingerprint density at radius 2 is 2.12 bits per heavy atom. The lowest BCUT2D eigenvalue weighted by Crippen LogP contribution is -2.35. The minimum atomic E-state index is 0.807. The van der Waals surface area contributed by atoms with Gasteiger partial charge in [0.2, 0.25) is 0 Å². The fraction of sp³-hybridized carbons (Fsp3) is 1.00. The maximum atomic E-state index is 5.41. The summed E-state index contributed by atoms with van der Waals surface area (Å²) in [4.78, 5) is 0. The van der Waals surface area contributed by atoms with E-state index in [-0.39, 0.29) is 0 Å². The summed E-state index contributed by atoms with van der Waals surface area (Å²) in [5, 5.41) is 3.76. The van der Waals surface area contributed by atoms with E-state index < -0.39 is 0 Å². The molecule has 0 amide bonds. The molecule has 16 heavy (non-hydrogen) atoms. The molecule has 0 aromatic heterocycles. The van der Waals surface area contributed by atoms with E-state index in [1.54, 1.807) is 0 Å². The molecule has 0 radical (unpaired) electrons. The summed E-state index contributed by atoms with van der Waals surface area (Å²) in [6.07, 6.45) is 9.68. The van der Waals surface area contributed by atoms with Crippen LogP contribution in [-0.2, 0) is 4.74 Å². The van der Waals surface area contributed by atoms with E-state index in [4.69, 9.17) is 4.74 Å². The molecule has 2 heteroatoms.